The minimum Gasteiger partial charge on any atom is -0.494 e. The van der Waals surface area contributed by atoms with Crippen LogP contribution in [0.5, 0.6) is 5.75 Å². The molecule has 4 aromatic rings. The molecule has 1 fully saturated rings. The van der Waals surface area contributed by atoms with Gasteiger partial charge in [0, 0.05) is 45.9 Å². The van der Waals surface area contributed by atoms with Gasteiger partial charge in [-0.05, 0) is 80.2 Å². The largest absolute Gasteiger partial charge is 0.494 e. The lowest BCUT2D eigenvalue weighted by atomic mass is 9.96. The summed E-state index contributed by atoms with van der Waals surface area (Å²) in [5.74, 6) is 0.490. The fourth-order valence-corrected chi connectivity index (χ4v) is 5.95. The molecule has 3 heterocycles. The van der Waals surface area contributed by atoms with Crippen LogP contribution < -0.4 is 20.3 Å². The van der Waals surface area contributed by atoms with Crippen molar-refractivity contribution in [3.63, 3.8) is 0 Å². The molecular weight excluding hydrogens is 574 g/mol. The first-order valence-corrected chi connectivity index (χ1v) is 14.0. The van der Waals surface area contributed by atoms with E-state index in [2.05, 4.69) is 73.1 Å². The maximum Gasteiger partial charge on any atom is 0.224 e. The monoisotopic (exact) mass is 603 g/mol. The van der Waals surface area contributed by atoms with Crippen LogP contribution in [0.4, 0.5) is 11.4 Å². The fourth-order valence-electron chi connectivity index (χ4n) is 5.22. The van der Waals surface area contributed by atoms with E-state index in [9.17, 15) is 4.79 Å². The maximum absolute atomic E-state index is 12.1. The van der Waals surface area contributed by atoms with E-state index in [1.54, 1.807) is 13.3 Å². The van der Waals surface area contributed by atoms with Crippen LogP contribution in [0.25, 0.3) is 5.69 Å². The molecule has 2 N–H and O–H groups in total. The summed E-state index contributed by atoms with van der Waals surface area (Å²) in [6.07, 6.45) is 2.19. The number of rotatable bonds is 7. The average Bonchev–Trinajstić information content (AvgIpc) is 3.43. The smallest absolute Gasteiger partial charge is 0.224 e. The molecule has 2 atom stereocenters. The number of pyridine rings is 1. The molecule has 0 bridgehead atoms. The van der Waals surface area contributed by atoms with E-state index in [0.29, 0.717) is 23.0 Å². The molecule has 1 amide bonds. The number of ether oxygens (including phenoxy) is 1. The highest BCUT2D eigenvalue weighted by Gasteiger charge is 2.42. The molecule has 0 aliphatic carbocycles. The summed E-state index contributed by atoms with van der Waals surface area (Å²) in [5.41, 5.74) is 6.83. The van der Waals surface area contributed by atoms with Crippen LogP contribution in [-0.2, 0) is 4.79 Å². The Kier molecular flexibility index (Phi) is 7.72. The van der Waals surface area contributed by atoms with Crippen LogP contribution in [0, 0.1) is 13.8 Å². The highest BCUT2D eigenvalue weighted by atomic mass is 79.9. The molecule has 9 heteroatoms. The van der Waals surface area contributed by atoms with Gasteiger partial charge in [0.2, 0.25) is 5.91 Å². The van der Waals surface area contributed by atoms with Crippen molar-refractivity contribution in [2.24, 2.45) is 0 Å². The molecule has 1 saturated heterocycles. The zero-order valence-electron chi connectivity index (χ0n) is 22.2. The van der Waals surface area contributed by atoms with Crippen LogP contribution in [-0.4, -0.2) is 27.7 Å². The summed E-state index contributed by atoms with van der Waals surface area (Å²) in [4.78, 5) is 18.9. The lowest BCUT2D eigenvalue weighted by molar-refractivity contribution is -0.115. The van der Waals surface area contributed by atoms with Gasteiger partial charge >= 0.3 is 0 Å². The van der Waals surface area contributed by atoms with Gasteiger partial charge in [0.05, 0.1) is 30.6 Å². The summed E-state index contributed by atoms with van der Waals surface area (Å²) in [6.45, 7) is 6.08. The summed E-state index contributed by atoms with van der Waals surface area (Å²) < 4.78 is 8.95. The Morgan fingerprint density at radius 1 is 1.10 bits per heavy atom. The Morgan fingerprint density at radius 2 is 1.92 bits per heavy atom. The number of halogens is 1. The van der Waals surface area contributed by atoms with E-state index < -0.39 is 0 Å². The number of amides is 1. The van der Waals surface area contributed by atoms with Crippen LogP contribution in [0.3, 0.4) is 0 Å². The second-order valence-electron chi connectivity index (χ2n) is 9.42. The van der Waals surface area contributed by atoms with Gasteiger partial charge in [-0.25, -0.2) is 0 Å². The van der Waals surface area contributed by atoms with E-state index in [1.807, 2.05) is 55.5 Å². The molecule has 0 saturated carbocycles. The molecule has 0 radical (unpaired) electrons. The summed E-state index contributed by atoms with van der Waals surface area (Å²) in [6, 6.07) is 21.8. The first kappa shape index (κ1) is 26.9. The van der Waals surface area contributed by atoms with Gasteiger partial charge in [0.1, 0.15) is 5.75 Å². The van der Waals surface area contributed by atoms with Crippen molar-refractivity contribution in [2.75, 3.05) is 17.3 Å². The third kappa shape index (κ3) is 5.16. The van der Waals surface area contributed by atoms with E-state index in [4.69, 9.17) is 17.0 Å². The molecule has 2 aromatic carbocycles. The third-order valence-electron chi connectivity index (χ3n) is 7.01. The number of carbonyl (C=O) groups excluding carboxylic acids is 1. The van der Waals surface area contributed by atoms with Gasteiger partial charge in [0.25, 0.3) is 0 Å². The lowest BCUT2D eigenvalue weighted by Crippen LogP contribution is -2.29. The Morgan fingerprint density at radius 3 is 2.62 bits per heavy atom. The topological polar surface area (TPSA) is 71.4 Å². The number of aromatic nitrogens is 2. The quantitative estimate of drug-likeness (QED) is 0.227. The van der Waals surface area contributed by atoms with E-state index in [1.165, 1.54) is 0 Å². The molecule has 39 heavy (non-hydrogen) atoms. The number of nitrogens with one attached hydrogen (secondary N) is 2. The van der Waals surface area contributed by atoms with Crippen molar-refractivity contribution < 1.29 is 9.53 Å². The van der Waals surface area contributed by atoms with Gasteiger partial charge in [0.15, 0.2) is 5.11 Å². The van der Waals surface area contributed by atoms with E-state index in [-0.39, 0.29) is 18.0 Å². The number of benzene rings is 2. The molecule has 2 aromatic heterocycles. The molecule has 0 spiro atoms. The van der Waals surface area contributed by atoms with Crippen molar-refractivity contribution >= 4 is 50.5 Å². The van der Waals surface area contributed by atoms with Crippen LogP contribution in [0.15, 0.2) is 77.4 Å². The Hall–Kier alpha value is -3.69. The SMILES string of the molecule is CCC(=O)Nc1ccc(N2C(=S)NC(c3ccccn3)C2c2cc(C)n(-c3cccc(Br)c3)c2C)cc1OC. The highest BCUT2D eigenvalue weighted by Crippen LogP contribution is 2.45. The minimum absolute atomic E-state index is 0.0764. The molecule has 1 aliphatic heterocycles. The number of nitrogens with zero attached hydrogens (tertiary/aromatic N) is 3. The van der Waals surface area contributed by atoms with E-state index in [0.717, 1.165) is 38.5 Å². The third-order valence-corrected chi connectivity index (χ3v) is 7.82. The number of carbonyl (C=O) groups is 1. The van der Waals surface area contributed by atoms with Crippen LogP contribution >= 0.6 is 28.1 Å². The lowest BCUT2D eigenvalue weighted by Gasteiger charge is -2.29. The van der Waals surface area contributed by atoms with Crippen molar-refractivity contribution in [3.8, 4) is 11.4 Å². The van der Waals surface area contributed by atoms with Crippen molar-refractivity contribution in [3.05, 3.63) is 100 Å². The van der Waals surface area contributed by atoms with Gasteiger partial charge < -0.3 is 24.8 Å². The molecule has 7 nitrogen and oxygen atoms in total. The molecular formula is C30H30BrN5O2S. The summed E-state index contributed by atoms with van der Waals surface area (Å²) in [7, 11) is 1.60. The van der Waals surface area contributed by atoms with Crippen molar-refractivity contribution in [1.29, 1.82) is 0 Å². The standard InChI is InChI=1S/C30H30BrN5O2S/c1-5-27(37)33-24-13-12-22(17-26(24)38-4)36-29(28(34-30(36)39)25-11-6-7-14-32-25)23-15-18(2)35(19(23)3)21-10-8-9-20(31)16-21/h6-17,28-29H,5H2,1-4H3,(H,33,37)(H,34,39). The van der Waals surface area contributed by atoms with Gasteiger partial charge in [-0.1, -0.05) is 35.0 Å². The number of aryl methyl sites for hydroxylation is 1. The summed E-state index contributed by atoms with van der Waals surface area (Å²) in [5, 5.41) is 7.04. The number of thiocarbonyl (C=S) groups is 1. The Labute approximate surface area is 242 Å². The first-order chi connectivity index (χ1) is 18.8. The maximum atomic E-state index is 12.1. The van der Waals surface area contributed by atoms with Crippen LogP contribution in [0.2, 0.25) is 0 Å². The molecule has 200 valence electrons. The number of hydrogen-bond acceptors (Lipinski definition) is 4. The Bertz CT molecular complexity index is 1540. The molecule has 5 rings (SSSR count). The predicted molar refractivity (Wildman–Crippen MR) is 163 cm³/mol. The molecule has 2 unspecified atom stereocenters. The zero-order valence-corrected chi connectivity index (χ0v) is 24.6. The van der Waals surface area contributed by atoms with Gasteiger partial charge in [-0.2, -0.15) is 0 Å². The van der Waals surface area contributed by atoms with Gasteiger partial charge in [-0.15, -0.1) is 0 Å². The predicted octanol–water partition coefficient (Wildman–Crippen LogP) is 6.79. The number of hydrogen-bond donors (Lipinski definition) is 2. The van der Waals surface area contributed by atoms with Crippen LogP contribution in [0.1, 0.15) is 48.1 Å². The average molecular weight is 605 g/mol. The second kappa shape index (κ2) is 11.2. The van der Waals surface area contributed by atoms with E-state index >= 15 is 0 Å². The fraction of sp³-hybridized carbons (Fsp3) is 0.233. The second-order valence-corrected chi connectivity index (χ2v) is 10.7. The van der Waals surface area contributed by atoms with Crippen molar-refractivity contribution in [2.45, 2.75) is 39.3 Å². The minimum atomic E-state index is -0.180. The zero-order chi connectivity index (χ0) is 27.7. The number of methoxy groups -OCH3 is 1. The molecule has 1 aliphatic rings. The van der Waals surface area contributed by atoms with Gasteiger partial charge in [-0.3, -0.25) is 9.78 Å². The summed E-state index contributed by atoms with van der Waals surface area (Å²) >= 11 is 9.55. The normalized spacial score (nSPS) is 16.7. The number of anilines is 2. The van der Waals surface area contributed by atoms with Crippen molar-refractivity contribution in [1.82, 2.24) is 14.9 Å². The Balaban J connectivity index is 1.65. The highest BCUT2D eigenvalue weighted by molar-refractivity contribution is 9.10. The first-order valence-electron chi connectivity index (χ1n) is 12.8.